The van der Waals surface area contributed by atoms with Gasteiger partial charge in [0.15, 0.2) is 0 Å². The van der Waals surface area contributed by atoms with E-state index in [1.54, 1.807) is 4.90 Å². The zero-order valence-corrected chi connectivity index (χ0v) is 10.2. The first kappa shape index (κ1) is 12.4. The molecule has 2 aliphatic rings. The van der Waals surface area contributed by atoms with Crippen LogP contribution < -0.4 is 5.32 Å². The molecule has 0 radical (unpaired) electrons. The van der Waals surface area contributed by atoms with Gasteiger partial charge in [0.25, 0.3) is 0 Å². The fourth-order valence-electron chi connectivity index (χ4n) is 2.84. The number of aliphatic carboxylic acids is 1. The van der Waals surface area contributed by atoms with Crippen molar-refractivity contribution in [2.45, 2.75) is 44.7 Å². The maximum absolute atomic E-state index is 12.2. The minimum atomic E-state index is -0.788. The van der Waals surface area contributed by atoms with E-state index < -0.39 is 11.9 Å². The molecular formula is C12H20N2O3. The van der Waals surface area contributed by atoms with Gasteiger partial charge in [-0.05, 0) is 32.7 Å². The van der Waals surface area contributed by atoms with Crippen LogP contribution >= 0.6 is 0 Å². The van der Waals surface area contributed by atoms with Crippen LogP contribution in [0.4, 0.5) is 0 Å². The highest BCUT2D eigenvalue weighted by Gasteiger charge is 2.40. The van der Waals surface area contributed by atoms with Crippen LogP contribution in [-0.4, -0.2) is 47.1 Å². The Morgan fingerprint density at radius 1 is 1.29 bits per heavy atom. The van der Waals surface area contributed by atoms with E-state index in [1.165, 1.54) is 0 Å². The van der Waals surface area contributed by atoms with E-state index in [2.05, 4.69) is 5.32 Å². The lowest BCUT2D eigenvalue weighted by Gasteiger charge is -2.30. The third-order valence-corrected chi connectivity index (χ3v) is 3.96. The van der Waals surface area contributed by atoms with E-state index in [9.17, 15) is 9.59 Å². The predicted molar refractivity (Wildman–Crippen MR) is 62.6 cm³/mol. The Morgan fingerprint density at radius 3 is 2.59 bits per heavy atom. The van der Waals surface area contributed by atoms with Gasteiger partial charge >= 0.3 is 5.97 Å². The average molecular weight is 240 g/mol. The van der Waals surface area contributed by atoms with Crippen molar-refractivity contribution in [1.29, 1.82) is 0 Å². The van der Waals surface area contributed by atoms with Gasteiger partial charge in [-0.2, -0.15) is 0 Å². The fraction of sp³-hybridized carbons (Fsp3) is 0.833. The van der Waals surface area contributed by atoms with Crippen molar-refractivity contribution in [3.8, 4) is 0 Å². The van der Waals surface area contributed by atoms with Crippen LogP contribution in [0, 0.1) is 5.92 Å². The molecule has 3 atom stereocenters. The van der Waals surface area contributed by atoms with Gasteiger partial charge in [-0.3, -0.25) is 9.59 Å². The van der Waals surface area contributed by atoms with Crippen molar-refractivity contribution >= 4 is 11.9 Å². The first-order chi connectivity index (χ1) is 8.11. The van der Waals surface area contributed by atoms with Gasteiger partial charge in [0.05, 0.1) is 12.0 Å². The number of nitrogens with zero attached hydrogens (tertiary/aromatic N) is 1. The summed E-state index contributed by atoms with van der Waals surface area (Å²) < 4.78 is 0. The van der Waals surface area contributed by atoms with E-state index in [-0.39, 0.29) is 18.0 Å². The van der Waals surface area contributed by atoms with Gasteiger partial charge in [0.1, 0.15) is 0 Å². The summed E-state index contributed by atoms with van der Waals surface area (Å²) >= 11 is 0. The summed E-state index contributed by atoms with van der Waals surface area (Å²) in [5.41, 5.74) is 0. The Hall–Kier alpha value is -1.10. The highest BCUT2D eigenvalue weighted by molar-refractivity contribution is 5.84. The van der Waals surface area contributed by atoms with Gasteiger partial charge in [-0.1, -0.05) is 6.42 Å². The molecule has 0 aromatic heterocycles. The molecule has 2 fully saturated rings. The summed E-state index contributed by atoms with van der Waals surface area (Å²) in [5, 5.41) is 12.3. The van der Waals surface area contributed by atoms with Crippen LogP contribution in [0.25, 0.3) is 0 Å². The Morgan fingerprint density at radius 2 is 2.06 bits per heavy atom. The number of amides is 1. The van der Waals surface area contributed by atoms with Gasteiger partial charge in [-0.25, -0.2) is 0 Å². The van der Waals surface area contributed by atoms with Crippen molar-refractivity contribution in [2.24, 2.45) is 5.92 Å². The summed E-state index contributed by atoms with van der Waals surface area (Å²) in [5.74, 6) is -1.10. The summed E-state index contributed by atoms with van der Waals surface area (Å²) in [6.07, 6.45) is 3.65. The number of carboxylic acid groups (broad SMARTS) is 1. The zero-order valence-electron chi connectivity index (χ0n) is 10.2. The molecule has 2 N–H and O–H groups in total. The highest BCUT2D eigenvalue weighted by atomic mass is 16.4. The minimum Gasteiger partial charge on any atom is -0.481 e. The van der Waals surface area contributed by atoms with E-state index in [0.29, 0.717) is 13.0 Å². The van der Waals surface area contributed by atoms with Crippen molar-refractivity contribution < 1.29 is 14.7 Å². The molecule has 2 aliphatic heterocycles. The minimum absolute atomic E-state index is 0.0842. The normalized spacial score (nSPS) is 33.7. The molecule has 3 unspecified atom stereocenters. The molecule has 0 saturated carbocycles. The highest BCUT2D eigenvalue weighted by Crippen LogP contribution is 2.25. The van der Waals surface area contributed by atoms with E-state index >= 15 is 0 Å². The number of likely N-dealkylation sites (tertiary alicyclic amines) is 1. The number of piperidine rings is 1. The number of carbonyl (C=O) groups excluding carboxylic acids is 1. The molecule has 0 aromatic carbocycles. The number of hydrogen-bond donors (Lipinski definition) is 2. The lowest BCUT2D eigenvalue weighted by Crippen LogP contribution is -2.50. The fourth-order valence-corrected chi connectivity index (χ4v) is 2.84. The van der Waals surface area contributed by atoms with Gasteiger partial charge in [0, 0.05) is 12.6 Å². The molecule has 2 rings (SSSR count). The van der Waals surface area contributed by atoms with Crippen LogP contribution in [0.15, 0.2) is 0 Å². The Labute approximate surface area is 101 Å². The molecule has 0 bridgehead atoms. The monoisotopic (exact) mass is 240 g/mol. The molecular weight excluding hydrogens is 220 g/mol. The SMILES string of the molecule is CC1C(C(=O)O)CCN1C(=O)C1CCCCN1. The van der Waals surface area contributed by atoms with Crippen molar-refractivity contribution in [3.63, 3.8) is 0 Å². The Bertz CT molecular complexity index is 313. The molecule has 0 spiro atoms. The molecule has 5 nitrogen and oxygen atoms in total. The standard InChI is InChI=1S/C12H20N2O3/c1-8-9(12(16)17)5-7-14(8)11(15)10-4-2-3-6-13-10/h8-10,13H,2-7H2,1H3,(H,16,17). The van der Waals surface area contributed by atoms with Crippen LogP contribution in [0.3, 0.4) is 0 Å². The van der Waals surface area contributed by atoms with Gasteiger partial charge in [-0.15, -0.1) is 0 Å². The number of carboxylic acids is 1. The van der Waals surface area contributed by atoms with E-state index in [0.717, 1.165) is 25.8 Å². The molecule has 0 aliphatic carbocycles. The van der Waals surface area contributed by atoms with Gasteiger partial charge < -0.3 is 15.3 Å². The van der Waals surface area contributed by atoms with E-state index in [4.69, 9.17) is 5.11 Å². The first-order valence-electron chi connectivity index (χ1n) is 6.38. The average Bonchev–Trinajstić information content (AvgIpc) is 2.71. The van der Waals surface area contributed by atoms with Crippen LogP contribution in [0.1, 0.15) is 32.6 Å². The Kier molecular flexibility index (Phi) is 3.66. The van der Waals surface area contributed by atoms with Crippen LogP contribution in [0.2, 0.25) is 0 Å². The molecule has 1 amide bonds. The Balaban J connectivity index is 1.98. The number of nitrogens with one attached hydrogen (secondary N) is 1. The third kappa shape index (κ3) is 2.44. The van der Waals surface area contributed by atoms with E-state index in [1.807, 2.05) is 6.92 Å². The number of hydrogen-bond acceptors (Lipinski definition) is 3. The molecule has 2 heterocycles. The molecule has 2 saturated heterocycles. The zero-order chi connectivity index (χ0) is 12.4. The summed E-state index contributed by atoms with van der Waals surface area (Å²) in [7, 11) is 0. The third-order valence-electron chi connectivity index (χ3n) is 3.96. The quantitative estimate of drug-likeness (QED) is 0.735. The second-order valence-corrected chi connectivity index (χ2v) is 5.01. The maximum Gasteiger partial charge on any atom is 0.308 e. The molecule has 96 valence electrons. The smallest absolute Gasteiger partial charge is 0.308 e. The van der Waals surface area contributed by atoms with Crippen molar-refractivity contribution in [2.75, 3.05) is 13.1 Å². The van der Waals surface area contributed by atoms with Crippen molar-refractivity contribution in [3.05, 3.63) is 0 Å². The van der Waals surface area contributed by atoms with Crippen molar-refractivity contribution in [1.82, 2.24) is 10.2 Å². The predicted octanol–water partition coefficient (Wildman–Crippen LogP) is 0.450. The summed E-state index contributed by atoms with van der Waals surface area (Å²) in [4.78, 5) is 25.0. The molecule has 0 aromatic rings. The van der Waals surface area contributed by atoms with Crippen LogP contribution in [-0.2, 0) is 9.59 Å². The first-order valence-corrected chi connectivity index (χ1v) is 6.38. The second-order valence-electron chi connectivity index (χ2n) is 5.01. The summed E-state index contributed by atoms with van der Waals surface area (Å²) in [6, 6.07) is -0.275. The summed E-state index contributed by atoms with van der Waals surface area (Å²) in [6.45, 7) is 3.31. The number of carbonyl (C=O) groups is 2. The van der Waals surface area contributed by atoms with Crippen LogP contribution in [0.5, 0.6) is 0 Å². The molecule has 5 heteroatoms. The second kappa shape index (κ2) is 5.04. The lowest BCUT2D eigenvalue weighted by molar-refractivity contribution is -0.143. The molecule has 17 heavy (non-hydrogen) atoms. The number of rotatable bonds is 2. The van der Waals surface area contributed by atoms with Gasteiger partial charge in [0.2, 0.25) is 5.91 Å². The topological polar surface area (TPSA) is 69.6 Å². The lowest BCUT2D eigenvalue weighted by atomic mass is 10.0. The largest absolute Gasteiger partial charge is 0.481 e. The maximum atomic E-state index is 12.2.